The Kier molecular flexibility index (Phi) is 5.00. The molecule has 1 aromatic carbocycles. The summed E-state index contributed by atoms with van der Waals surface area (Å²) < 4.78 is 4.95. The second-order valence-corrected chi connectivity index (χ2v) is 4.38. The molecule has 0 N–H and O–H groups in total. The third-order valence-corrected chi connectivity index (χ3v) is 3.18. The minimum atomic E-state index is -0.156. The Bertz CT molecular complexity index is 386. The number of carbonyl (C=O) groups is 1. The highest BCUT2D eigenvalue weighted by Crippen LogP contribution is 2.19. The van der Waals surface area contributed by atoms with Gasteiger partial charge in [-0.2, -0.15) is 0 Å². The van der Waals surface area contributed by atoms with Crippen LogP contribution >= 0.6 is 15.9 Å². The van der Waals surface area contributed by atoms with Gasteiger partial charge in [-0.15, -0.1) is 0 Å². The highest BCUT2D eigenvalue weighted by atomic mass is 79.9. The van der Waals surface area contributed by atoms with E-state index in [0.717, 1.165) is 16.5 Å². The van der Waals surface area contributed by atoms with Crippen molar-refractivity contribution in [2.75, 3.05) is 6.61 Å². The van der Waals surface area contributed by atoms with Crippen molar-refractivity contribution in [3.63, 3.8) is 0 Å². The topological polar surface area (TPSA) is 26.3 Å². The van der Waals surface area contributed by atoms with Crippen molar-refractivity contribution in [1.82, 2.24) is 0 Å². The van der Waals surface area contributed by atoms with Crippen LogP contribution in [0.2, 0.25) is 0 Å². The Balaban J connectivity index is 2.89. The number of carbonyl (C=O) groups excluding carboxylic acids is 1. The molecule has 0 bridgehead atoms. The molecular weight excluding hydrogens is 268 g/mol. The summed E-state index contributed by atoms with van der Waals surface area (Å²) in [7, 11) is 0. The molecule has 0 fully saturated rings. The molecule has 0 radical (unpaired) electrons. The van der Waals surface area contributed by atoms with Gasteiger partial charge in [-0.3, -0.25) is 4.79 Å². The van der Waals surface area contributed by atoms with Crippen LogP contribution in [0.5, 0.6) is 0 Å². The van der Waals surface area contributed by atoms with Crippen LogP contribution in [0.4, 0.5) is 0 Å². The van der Waals surface area contributed by atoms with Crippen LogP contribution in [0, 0.1) is 13.8 Å². The van der Waals surface area contributed by atoms with E-state index in [1.165, 1.54) is 11.1 Å². The fourth-order valence-corrected chi connectivity index (χ4v) is 2.24. The second-order valence-electron chi connectivity index (χ2n) is 3.82. The largest absolute Gasteiger partial charge is 0.466 e. The fraction of sp³-hybridized carbons (Fsp3) is 0.462. The van der Waals surface area contributed by atoms with Crippen molar-refractivity contribution < 1.29 is 9.53 Å². The third kappa shape index (κ3) is 3.34. The molecule has 0 aliphatic heterocycles. The van der Waals surface area contributed by atoms with E-state index in [4.69, 9.17) is 4.74 Å². The number of aryl methyl sites for hydroxylation is 2. The number of hydrogen-bond donors (Lipinski definition) is 0. The monoisotopic (exact) mass is 284 g/mol. The molecule has 0 spiro atoms. The summed E-state index contributed by atoms with van der Waals surface area (Å²) in [6.07, 6.45) is 0.364. The summed E-state index contributed by atoms with van der Waals surface area (Å²) in [4.78, 5) is 11.4. The maximum absolute atomic E-state index is 11.4. The smallest absolute Gasteiger partial charge is 0.310 e. The molecule has 0 saturated heterocycles. The zero-order valence-corrected chi connectivity index (χ0v) is 11.6. The molecule has 0 atom stereocenters. The molecule has 0 aliphatic rings. The Labute approximate surface area is 105 Å². The second kappa shape index (κ2) is 6.04. The highest BCUT2D eigenvalue weighted by Gasteiger charge is 2.09. The molecule has 88 valence electrons. The average molecular weight is 285 g/mol. The summed E-state index contributed by atoms with van der Waals surface area (Å²) in [5.74, 6) is -0.156. The van der Waals surface area contributed by atoms with Gasteiger partial charge in [0, 0.05) is 5.33 Å². The van der Waals surface area contributed by atoms with Gasteiger partial charge >= 0.3 is 5.97 Å². The van der Waals surface area contributed by atoms with E-state index in [1.54, 1.807) is 0 Å². The van der Waals surface area contributed by atoms with E-state index in [0.29, 0.717) is 13.0 Å². The van der Waals surface area contributed by atoms with E-state index in [1.807, 2.05) is 13.8 Å². The predicted octanol–water partition coefficient (Wildman–Crippen LogP) is 3.30. The van der Waals surface area contributed by atoms with Gasteiger partial charge in [0.15, 0.2) is 0 Å². The first kappa shape index (κ1) is 13.2. The number of rotatable bonds is 4. The van der Waals surface area contributed by atoms with E-state index in [9.17, 15) is 4.79 Å². The Morgan fingerprint density at radius 3 is 2.38 bits per heavy atom. The molecule has 2 nitrogen and oxygen atoms in total. The van der Waals surface area contributed by atoms with Crippen LogP contribution < -0.4 is 0 Å². The standard InChI is InChI=1S/C13H17BrO2/c1-4-16-13(15)7-11-5-10(3)12(8-14)6-9(11)2/h5-6H,4,7-8H2,1-3H3. The summed E-state index contributed by atoms with van der Waals surface area (Å²) >= 11 is 3.45. The van der Waals surface area contributed by atoms with Gasteiger partial charge in [-0.25, -0.2) is 0 Å². The molecule has 0 aliphatic carbocycles. The van der Waals surface area contributed by atoms with Gasteiger partial charge in [0.2, 0.25) is 0 Å². The lowest BCUT2D eigenvalue weighted by molar-refractivity contribution is -0.142. The minimum Gasteiger partial charge on any atom is -0.466 e. The first-order valence-corrected chi connectivity index (χ1v) is 6.51. The first-order chi connectivity index (χ1) is 7.58. The number of benzene rings is 1. The first-order valence-electron chi connectivity index (χ1n) is 5.39. The molecule has 16 heavy (non-hydrogen) atoms. The summed E-state index contributed by atoms with van der Waals surface area (Å²) in [5.41, 5.74) is 4.68. The van der Waals surface area contributed by atoms with Crippen LogP contribution in [0.3, 0.4) is 0 Å². The average Bonchev–Trinajstić information content (AvgIpc) is 2.23. The Morgan fingerprint density at radius 1 is 1.25 bits per heavy atom. The third-order valence-electron chi connectivity index (χ3n) is 2.58. The zero-order valence-electron chi connectivity index (χ0n) is 9.97. The van der Waals surface area contributed by atoms with E-state index in [-0.39, 0.29) is 5.97 Å². The van der Waals surface area contributed by atoms with E-state index < -0.39 is 0 Å². The van der Waals surface area contributed by atoms with Crippen LogP contribution in [0.25, 0.3) is 0 Å². The van der Waals surface area contributed by atoms with Crippen molar-refractivity contribution >= 4 is 21.9 Å². The van der Waals surface area contributed by atoms with Crippen molar-refractivity contribution in [2.24, 2.45) is 0 Å². The number of ether oxygens (including phenoxy) is 1. The molecule has 1 rings (SSSR count). The van der Waals surface area contributed by atoms with Crippen molar-refractivity contribution in [3.05, 3.63) is 34.4 Å². The van der Waals surface area contributed by atoms with Gasteiger partial charge in [0.25, 0.3) is 0 Å². The Morgan fingerprint density at radius 2 is 1.81 bits per heavy atom. The number of alkyl halides is 1. The van der Waals surface area contributed by atoms with Crippen LogP contribution in [0.15, 0.2) is 12.1 Å². The molecule has 3 heteroatoms. The van der Waals surface area contributed by atoms with Gasteiger partial charge in [0.05, 0.1) is 13.0 Å². The summed E-state index contributed by atoms with van der Waals surface area (Å²) in [5, 5.41) is 0.847. The van der Waals surface area contributed by atoms with Gasteiger partial charge in [-0.05, 0) is 43.0 Å². The number of esters is 1. The number of halogens is 1. The van der Waals surface area contributed by atoms with Gasteiger partial charge in [-0.1, -0.05) is 28.1 Å². The van der Waals surface area contributed by atoms with Crippen LogP contribution in [-0.4, -0.2) is 12.6 Å². The minimum absolute atomic E-state index is 0.156. The van der Waals surface area contributed by atoms with Gasteiger partial charge < -0.3 is 4.74 Å². The molecule has 0 aromatic heterocycles. The predicted molar refractivity (Wildman–Crippen MR) is 68.9 cm³/mol. The lowest BCUT2D eigenvalue weighted by Gasteiger charge is -2.10. The zero-order chi connectivity index (χ0) is 12.1. The molecular formula is C13H17BrO2. The number of hydrogen-bond acceptors (Lipinski definition) is 2. The highest BCUT2D eigenvalue weighted by molar-refractivity contribution is 9.08. The molecule has 1 aromatic rings. The van der Waals surface area contributed by atoms with Crippen LogP contribution in [-0.2, 0) is 21.3 Å². The molecule has 0 unspecified atom stereocenters. The quantitative estimate of drug-likeness (QED) is 0.626. The molecule has 0 amide bonds. The van der Waals surface area contributed by atoms with Crippen molar-refractivity contribution in [2.45, 2.75) is 32.5 Å². The van der Waals surface area contributed by atoms with Crippen molar-refractivity contribution in [1.29, 1.82) is 0 Å². The fourth-order valence-electron chi connectivity index (χ4n) is 1.64. The molecule has 0 heterocycles. The summed E-state index contributed by atoms with van der Waals surface area (Å²) in [6.45, 7) is 6.35. The summed E-state index contributed by atoms with van der Waals surface area (Å²) in [6, 6.07) is 4.20. The van der Waals surface area contributed by atoms with Crippen molar-refractivity contribution in [3.8, 4) is 0 Å². The SMILES string of the molecule is CCOC(=O)Cc1cc(C)c(CBr)cc1C. The molecule has 0 saturated carbocycles. The van der Waals surface area contributed by atoms with Gasteiger partial charge in [0.1, 0.15) is 0 Å². The lowest BCUT2D eigenvalue weighted by Crippen LogP contribution is -2.09. The van der Waals surface area contributed by atoms with E-state index >= 15 is 0 Å². The normalized spacial score (nSPS) is 10.2. The maximum Gasteiger partial charge on any atom is 0.310 e. The van der Waals surface area contributed by atoms with Crippen LogP contribution in [0.1, 0.15) is 29.2 Å². The Hall–Kier alpha value is -0.830. The lowest BCUT2D eigenvalue weighted by atomic mass is 9.99. The van der Waals surface area contributed by atoms with E-state index in [2.05, 4.69) is 35.0 Å². The maximum atomic E-state index is 11.4.